The Bertz CT molecular complexity index is 1080. The maximum absolute atomic E-state index is 5.31. The minimum Gasteiger partial charge on any atom is -0.497 e. The van der Waals surface area contributed by atoms with Crippen LogP contribution in [0.2, 0.25) is 0 Å². The Morgan fingerprint density at radius 1 is 0.567 bits per heavy atom. The predicted octanol–water partition coefficient (Wildman–Crippen LogP) is 7.02. The third kappa shape index (κ3) is 3.98. The van der Waals surface area contributed by atoms with Gasteiger partial charge in [-0.1, -0.05) is 24.3 Å². The van der Waals surface area contributed by atoms with E-state index in [1.165, 1.54) is 0 Å². The first-order chi connectivity index (χ1) is 14.6. The van der Waals surface area contributed by atoms with Crippen molar-refractivity contribution in [3.05, 3.63) is 82.3 Å². The van der Waals surface area contributed by atoms with Crippen molar-refractivity contribution in [2.45, 2.75) is 0 Å². The molecule has 0 aliphatic rings. The highest BCUT2D eigenvalue weighted by atomic mass is 79.9. The molecule has 2 aromatic carbocycles. The first kappa shape index (κ1) is 20.6. The third-order valence-corrected chi connectivity index (χ3v) is 6.05. The van der Waals surface area contributed by atoms with E-state index in [-0.39, 0.29) is 0 Å². The maximum atomic E-state index is 5.31. The summed E-state index contributed by atoms with van der Waals surface area (Å²) in [5, 5.41) is 0. The van der Waals surface area contributed by atoms with Crippen molar-refractivity contribution in [2.75, 3.05) is 14.2 Å². The van der Waals surface area contributed by atoms with E-state index < -0.39 is 0 Å². The summed E-state index contributed by atoms with van der Waals surface area (Å²) < 4.78 is 12.4. The summed E-state index contributed by atoms with van der Waals surface area (Å²) in [4.78, 5) is 8.84. The summed E-state index contributed by atoms with van der Waals surface area (Å²) in [6.45, 7) is 0. The molecule has 150 valence electrons. The Morgan fingerprint density at radius 2 is 0.933 bits per heavy atom. The van der Waals surface area contributed by atoms with Gasteiger partial charge in [-0.2, -0.15) is 0 Å². The van der Waals surface area contributed by atoms with Crippen molar-refractivity contribution >= 4 is 31.9 Å². The third-order valence-electron chi connectivity index (χ3n) is 4.85. The SMILES string of the molecule is COc1ccc(-c2cncc(Br)c2-c2c(Br)cncc2-c2ccc(OC)cc2)cc1. The number of ether oxygens (including phenoxy) is 2. The number of aromatic nitrogens is 2. The van der Waals surface area contributed by atoms with Gasteiger partial charge in [-0.25, -0.2) is 0 Å². The van der Waals surface area contributed by atoms with Crippen LogP contribution in [-0.2, 0) is 0 Å². The topological polar surface area (TPSA) is 44.2 Å². The Kier molecular flexibility index (Phi) is 6.16. The van der Waals surface area contributed by atoms with Crippen LogP contribution >= 0.6 is 31.9 Å². The molecule has 0 spiro atoms. The molecule has 0 aliphatic carbocycles. The molecule has 2 heterocycles. The van der Waals surface area contributed by atoms with Gasteiger partial charge in [0, 0.05) is 56.0 Å². The van der Waals surface area contributed by atoms with Gasteiger partial charge in [0.25, 0.3) is 0 Å². The van der Waals surface area contributed by atoms with Crippen LogP contribution in [0.5, 0.6) is 11.5 Å². The van der Waals surface area contributed by atoms with Crippen LogP contribution in [0.1, 0.15) is 0 Å². The lowest BCUT2D eigenvalue weighted by molar-refractivity contribution is 0.415. The summed E-state index contributed by atoms with van der Waals surface area (Å²) in [5.41, 5.74) is 6.18. The highest BCUT2D eigenvalue weighted by Gasteiger charge is 2.19. The smallest absolute Gasteiger partial charge is 0.118 e. The Labute approximate surface area is 192 Å². The number of rotatable bonds is 5. The minimum absolute atomic E-state index is 0.812. The number of nitrogens with zero attached hydrogens (tertiary/aromatic N) is 2. The monoisotopic (exact) mass is 524 g/mol. The van der Waals surface area contributed by atoms with Crippen molar-refractivity contribution in [3.63, 3.8) is 0 Å². The molecule has 0 fully saturated rings. The van der Waals surface area contributed by atoms with Gasteiger partial charge in [-0.05, 0) is 67.3 Å². The Hall–Kier alpha value is -2.70. The predicted molar refractivity (Wildman–Crippen MR) is 127 cm³/mol. The Balaban J connectivity index is 1.94. The number of halogens is 2. The zero-order chi connectivity index (χ0) is 21.1. The number of hydrogen-bond donors (Lipinski definition) is 0. The molecule has 0 aliphatic heterocycles. The molecule has 4 aromatic rings. The van der Waals surface area contributed by atoms with E-state index in [9.17, 15) is 0 Å². The first-order valence-electron chi connectivity index (χ1n) is 9.18. The average Bonchev–Trinajstić information content (AvgIpc) is 2.79. The quantitative estimate of drug-likeness (QED) is 0.281. The molecule has 4 rings (SSSR count). The molecule has 0 saturated carbocycles. The second-order valence-electron chi connectivity index (χ2n) is 6.54. The van der Waals surface area contributed by atoms with Gasteiger partial charge in [-0.3, -0.25) is 9.97 Å². The second kappa shape index (κ2) is 8.98. The molecule has 0 radical (unpaired) electrons. The average molecular weight is 526 g/mol. The van der Waals surface area contributed by atoms with Crippen molar-refractivity contribution in [1.29, 1.82) is 0 Å². The van der Waals surface area contributed by atoms with Crippen LogP contribution < -0.4 is 9.47 Å². The largest absolute Gasteiger partial charge is 0.497 e. The van der Waals surface area contributed by atoms with Gasteiger partial charge < -0.3 is 9.47 Å². The summed E-state index contributed by atoms with van der Waals surface area (Å²) in [7, 11) is 3.33. The zero-order valence-electron chi connectivity index (χ0n) is 16.4. The fraction of sp³-hybridized carbons (Fsp3) is 0.0833. The van der Waals surface area contributed by atoms with Gasteiger partial charge in [0.1, 0.15) is 11.5 Å². The van der Waals surface area contributed by atoms with E-state index in [0.29, 0.717) is 0 Å². The lowest BCUT2D eigenvalue weighted by Crippen LogP contribution is -1.95. The molecule has 2 aromatic heterocycles. The van der Waals surface area contributed by atoms with Crippen LogP contribution in [-0.4, -0.2) is 24.2 Å². The van der Waals surface area contributed by atoms with E-state index in [2.05, 4.69) is 41.8 Å². The maximum Gasteiger partial charge on any atom is 0.118 e. The fourth-order valence-electron chi connectivity index (χ4n) is 3.36. The van der Waals surface area contributed by atoms with Gasteiger partial charge in [0.15, 0.2) is 0 Å². The van der Waals surface area contributed by atoms with Gasteiger partial charge in [0.2, 0.25) is 0 Å². The first-order valence-corrected chi connectivity index (χ1v) is 10.8. The molecule has 0 bridgehead atoms. The van der Waals surface area contributed by atoms with Crippen molar-refractivity contribution < 1.29 is 9.47 Å². The van der Waals surface area contributed by atoms with E-state index in [0.717, 1.165) is 53.8 Å². The van der Waals surface area contributed by atoms with E-state index in [4.69, 9.17) is 9.47 Å². The number of methoxy groups -OCH3 is 2. The van der Waals surface area contributed by atoms with Crippen molar-refractivity contribution in [1.82, 2.24) is 9.97 Å². The molecular formula is C24H18Br2N2O2. The molecule has 0 atom stereocenters. The van der Waals surface area contributed by atoms with Gasteiger partial charge >= 0.3 is 0 Å². The molecule has 0 N–H and O–H groups in total. The second-order valence-corrected chi connectivity index (χ2v) is 8.25. The summed E-state index contributed by atoms with van der Waals surface area (Å²) >= 11 is 7.45. The highest BCUT2D eigenvalue weighted by molar-refractivity contribution is 9.11. The summed E-state index contributed by atoms with van der Waals surface area (Å²) in [6.07, 6.45) is 7.39. The molecule has 0 saturated heterocycles. The van der Waals surface area contributed by atoms with Gasteiger partial charge in [0.05, 0.1) is 14.2 Å². The lowest BCUT2D eigenvalue weighted by Gasteiger charge is -2.17. The number of hydrogen-bond acceptors (Lipinski definition) is 4. The molecular weight excluding hydrogens is 508 g/mol. The zero-order valence-corrected chi connectivity index (χ0v) is 19.6. The van der Waals surface area contributed by atoms with Crippen LogP contribution in [0.4, 0.5) is 0 Å². The normalized spacial score (nSPS) is 10.7. The fourth-order valence-corrected chi connectivity index (χ4v) is 4.42. The Morgan fingerprint density at radius 3 is 1.27 bits per heavy atom. The molecule has 0 unspecified atom stereocenters. The minimum atomic E-state index is 0.812. The lowest BCUT2D eigenvalue weighted by atomic mass is 9.91. The van der Waals surface area contributed by atoms with E-state index in [1.807, 2.05) is 73.3 Å². The van der Waals surface area contributed by atoms with Crippen LogP contribution in [0.15, 0.2) is 82.3 Å². The van der Waals surface area contributed by atoms with E-state index >= 15 is 0 Å². The van der Waals surface area contributed by atoms with Crippen LogP contribution in [0.25, 0.3) is 33.4 Å². The molecule has 30 heavy (non-hydrogen) atoms. The van der Waals surface area contributed by atoms with Crippen molar-refractivity contribution in [2.24, 2.45) is 0 Å². The number of pyridine rings is 2. The van der Waals surface area contributed by atoms with Crippen LogP contribution in [0, 0.1) is 0 Å². The summed E-state index contributed by atoms with van der Waals surface area (Å²) in [6, 6.07) is 15.9. The van der Waals surface area contributed by atoms with Gasteiger partial charge in [-0.15, -0.1) is 0 Å². The molecule has 6 heteroatoms. The molecule has 4 nitrogen and oxygen atoms in total. The highest BCUT2D eigenvalue weighted by Crippen LogP contribution is 2.45. The molecule has 0 amide bonds. The summed E-state index contributed by atoms with van der Waals surface area (Å²) in [5.74, 6) is 1.62. The van der Waals surface area contributed by atoms with E-state index in [1.54, 1.807) is 14.2 Å². The standard InChI is InChI=1S/C24H18Br2N2O2/c1-29-17-7-3-15(4-8-17)19-11-27-13-21(25)23(19)24-20(12-28-14-22(24)26)16-5-9-18(30-2)10-6-16/h3-14H,1-2H3. The van der Waals surface area contributed by atoms with Crippen LogP contribution in [0.3, 0.4) is 0 Å². The number of benzene rings is 2. The van der Waals surface area contributed by atoms with Crippen molar-refractivity contribution in [3.8, 4) is 44.9 Å².